The van der Waals surface area contributed by atoms with E-state index in [2.05, 4.69) is 21.7 Å². The van der Waals surface area contributed by atoms with Crippen LogP contribution in [0.2, 0.25) is 0 Å². The molecule has 2 heterocycles. The summed E-state index contributed by atoms with van der Waals surface area (Å²) in [7, 11) is 1.95. The number of rotatable bonds is 3. The number of nitrogens with zero attached hydrogens (tertiary/aromatic N) is 3. The van der Waals surface area contributed by atoms with E-state index in [1.54, 1.807) is 0 Å². The normalized spacial score (nSPS) is 18.6. The number of hydrogen-bond donors (Lipinski definition) is 1. The summed E-state index contributed by atoms with van der Waals surface area (Å²) in [5.41, 5.74) is 4.68. The third-order valence-electron chi connectivity index (χ3n) is 2.62. The molecule has 0 atom stereocenters. The Kier molecular flexibility index (Phi) is 3.16. The van der Waals surface area contributed by atoms with Gasteiger partial charge in [-0.15, -0.1) is 0 Å². The quantitative estimate of drug-likeness (QED) is 0.776. The lowest BCUT2D eigenvalue weighted by molar-refractivity contribution is 0.151. The van der Waals surface area contributed by atoms with E-state index in [4.69, 9.17) is 0 Å². The Bertz CT molecular complexity index is 275. The summed E-state index contributed by atoms with van der Waals surface area (Å²) in [6.07, 6.45) is 7.99. The zero-order valence-corrected chi connectivity index (χ0v) is 8.74. The van der Waals surface area contributed by atoms with Gasteiger partial charge in [0.1, 0.15) is 0 Å². The first kappa shape index (κ1) is 9.68. The molecule has 1 saturated heterocycles. The molecule has 2 rings (SSSR count). The number of nitrogens with one attached hydrogen (secondary N) is 1. The van der Waals surface area contributed by atoms with Crippen molar-refractivity contribution >= 4 is 0 Å². The van der Waals surface area contributed by atoms with Crippen LogP contribution < -0.4 is 5.43 Å². The molecule has 0 aromatic carbocycles. The number of piperidine rings is 1. The fourth-order valence-electron chi connectivity index (χ4n) is 1.82. The highest BCUT2D eigenvalue weighted by atomic mass is 15.5. The molecule has 1 aromatic heterocycles. The molecule has 0 aliphatic carbocycles. The lowest BCUT2D eigenvalue weighted by atomic mass is 10.2. The van der Waals surface area contributed by atoms with Gasteiger partial charge in [-0.1, -0.05) is 6.42 Å². The molecule has 1 N–H and O–H groups in total. The summed E-state index contributed by atoms with van der Waals surface area (Å²) >= 11 is 0. The van der Waals surface area contributed by atoms with E-state index >= 15 is 0 Å². The third kappa shape index (κ3) is 2.56. The van der Waals surface area contributed by atoms with Crippen LogP contribution in [0.1, 0.15) is 24.8 Å². The molecule has 4 heteroatoms. The second-order valence-corrected chi connectivity index (χ2v) is 3.90. The summed E-state index contributed by atoms with van der Waals surface area (Å²) in [4.78, 5) is 0. The second kappa shape index (κ2) is 4.57. The fraction of sp³-hybridized carbons (Fsp3) is 0.700. The Morgan fingerprint density at radius 3 is 2.79 bits per heavy atom. The van der Waals surface area contributed by atoms with Gasteiger partial charge in [-0.25, -0.2) is 5.01 Å². The van der Waals surface area contributed by atoms with Crippen LogP contribution in [-0.2, 0) is 13.6 Å². The van der Waals surface area contributed by atoms with E-state index in [-0.39, 0.29) is 0 Å². The molecule has 1 fully saturated rings. The molecule has 0 radical (unpaired) electrons. The van der Waals surface area contributed by atoms with Gasteiger partial charge < -0.3 is 0 Å². The van der Waals surface area contributed by atoms with Gasteiger partial charge in [0.25, 0.3) is 0 Å². The average Bonchev–Trinajstić information content (AvgIpc) is 2.63. The summed E-state index contributed by atoms with van der Waals surface area (Å²) in [6.45, 7) is 3.26. The van der Waals surface area contributed by atoms with Crippen LogP contribution in [0.5, 0.6) is 0 Å². The predicted octanol–water partition coefficient (Wildman–Crippen LogP) is 0.911. The van der Waals surface area contributed by atoms with E-state index in [0.29, 0.717) is 0 Å². The first-order valence-electron chi connectivity index (χ1n) is 5.30. The molecule has 4 nitrogen and oxygen atoms in total. The Balaban J connectivity index is 1.76. The Morgan fingerprint density at radius 1 is 1.36 bits per heavy atom. The van der Waals surface area contributed by atoms with Crippen LogP contribution in [0.25, 0.3) is 0 Å². The van der Waals surface area contributed by atoms with Gasteiger partial charge >= 0.3 is 0 Å². The highest BCUT2D eigenvalue weighted by Crippen LogP contribution is 2.06. The minimum atomic E-state index is 0.897. The number of aryl methyl sites for hydroxylation is 1. The highest BCUT2D eigenvalue weighted by Gasteiger charge is 2.08. The van der Waals surface area contributed by atoms with Gasteiger partial charge in [0.15, 0.2) is 0 Å². The van der Waals surface area contributed by atoms with Crippen molar-refractivity contribution in [3.63, 3.8) is 0 Å². The summed E-state index contributed by atoms with van der Waals surface area (Å²) in [5.74, 6) is 0. The maximum atomic E-state index is 4.14. The molecule has 0 spiro atoms. The molecule has 78 valence electrons. The van der Waals surface area contributed by atoms with Crippen molar-refractivity contribution in [3.05, 3.63) is 18.0 Å². The monoisotopic (exact) mass is 194 g/mol. The van der Waals surface area contributed by atoms with E-state index in [9.17, 15) is 0 Å². The zero-order valence-electron chi connectivity index (χ0n) is 8.74. The third-order valence-corrected chi connectivity index (χ3v) is 2.62. The molecule has 0 bridgehead atoms. The Morgan fingerprint density at radius 2 is 2.14 bits per heavy atom. The Labute approximate surface area is 84.9 Å². The molecular formula is C10H18N4. The SMILES string of the molecule is Cn1cc(CNN2CCCCC2)cn1. The maximum absolute atomic E-state index is 4.14. The van der Waals surface area contributed by atoms with E-state index in [0.717, 1.165) is 6.54 Å². The van der Waals surface area contributed by atoms with Gasteiger partial charge in [0.2, 0.25) is 0 Å². The van der Waals surface area contributed by atoms with Gasteiger partial charge in [-0.2, -0.15) is 5.10 Å². The molecular weight excluding hydrogens is 176 g/mol. The van der Waals surface area contributed by atoms with Crippen LogP contribution in [0.3, 0.4) is 0 Å². The minimum absolute atomic E-state index is 0.897. The number of hydrazine groups is 1. The van der Waals surface area contributed by atoms with Crippen molar-refractivity contribution in [1.82, 2.24) is 20.2 Å². The van der Waals surface area contributed by atoms with Crippen molar-refractivity contribution in [3.8, 4) is 0 Å². The number of hydrogen-bond acceptors (Lipinski definition) is 3. The molecule has 14 heavy (non-hydrogen) atoms. The highest BCUT2D eigenvalue weighted by molar-refractivity contribution is 5.02. The lowest BCUT2D eigenvalue weighted by Gasteiger charge is -2.26. The van der Waals surface area contributed by atoms with Crippen LogP contribution >= 0.6 is 0 Å². The van der Waals surface area contributed by atoms with Gasteiger partial charge in [0, 0.05) is 38.4 Å². The molecule has 1 aliphatic rings. The van der Waals surface area contributed by atoms with E-state index < -0.39 is 0 Å². The van der Waals surface area contributed by atoms with Crippen molar-refractivity contribution in [2.24, 2.45) is 7.05 Å². The standard InChI is InChI=1S/C10H18N4/c1-13-9-10(7-11-13)8-12-14-5-3-2-4-6-14/h7,9,12H,2-6,8H2,1H3. The second-order valence-electron chi connectivity index (χ2n) is 3.90. The van der Waals surface area contributed by atoms with Crippen molar-refractivity contribution in [1.29, 1.82) is 0 Å². The topological polar surface area (TPSA) is 33.1 Å². The Hall–Kier alpha value is -0.870. The van der Waals surface area contributed by atoms with Crippen LogP contribution in [-0.4, -0.2) is 27.9 Å². The first-order chi connectivity index (χ1) is 6.84. The van der Waals surface area contributed by atoms with Crippen molar-refractivity contribution in [2.75, 3.05) is 13.1 Å². The first-order valence-corrected chi connectivity index (χ1v) is 5.30. The molecule has 0 amide bonds. The number of aromatic nitrogens is 2. The molecule has 1 aliphatic heterocycles. The average molecular weight is 194 g/mol. The van der Waals surface area contributed by atoms with Crippen LogP contribution in [0.4, 0.5) is 0 Å². The summed E-state index contributed by atoms with van der Waals surface area (Å²) in [5, 5.41) is 6.45. The summed E-state index contributed by atoms with van der Waals surface area (Å²) < 4.78 is 1.84. The van der Waals surface area contributed by atoms with E-state index in [1.807, 2.05) is 17.9 Å². The van der Waals surface area contributed by atoms with Crippen molar-refractivity contribution < 1.29 is 0 Å². The van der Waals surface area contributed by atoms with E-state index in [1.165, 1.54) is 37.9 Å². The molecule has 1 aromatic rings. The van der Waals surface area contributed by atoms with Crippen LogP contribution in [0, 0.1) is 0 Å². The van der Waals surface area contributed by atoms with Crippen molar-refractivity contribution in [2.45, 2.75) is 25.8 Å². The summed E-state index contributed by atoms with van der Waals surface area (Å²) in [6, 6.07) is 0. The smallest absolute Gasteiger partial charge is 0.0535 e. The fourth-order valence-corrected chi connectivity index (χ4v) is 1.82. The van der Waals surface area contributed by atoms with Gasteiger partial charge in [-0.05, 0) is 12.8 Å². The lowest BCUT2D eigenvalue weighted by Crippen LogP contribution is -2.41. The predicted molar refractivity (Wildman–Crippen MR) is 55.5 cm³/mol. The van der Waals surface area contributed by atoms with Gasteiger partial charge in [-0.3, -0.25) is 10.1 Å². The molecule has 0 saturated carbocycles. The zero-order chi connectivity index (χ0) is 9.80. The van der Waals surface area contributed by atoms with Gasteiger partial charge in [0.05, 0.1) is 6.20 Å². The van der Waals surface area contributed by atoms with Crippen LogP contribution in [0.15, 0.2) is 12.4 Å². The maximum Gasteiger partial charge on any atom is 0.0535 e. The largest absolute Gasteiger partial charge is 0.275 e. The molecule has 0 unspecified atom stereocenters. The minimum Gasteiger partial charge on any atom is -0.275 e.